The van der Waals surface area contributed by atoms with Crippen molar-refractivity contribution in [3.63, 3.8) is 0 Å². The highest BCUT2D eigenvalue weighted by Gasteiger charge is 2.43. The molecule has 2 heterocycles. The van der Waals surface area contributed by atoms with E-state index in [1.54, 1.807) is 0 Å². The third kappa shape index (κ3) is 1.56. The van der Waals surface area contributed by atoms with E-state index in [0.29, 0.717) is 5.41 Å². The summed E-state index contributed by atoms with van der Waals surface area (Å²) in [7, 11) is 1.45. The van der Waals surface area contributed by atoms with Gasteiger partial charge in [0, 0.05) is 13.1 Å². The van der Waals surface area contributed by atoms with Gasteiger partial charge in [-0.3, -0.25) is 4.79 Å². The molecule has 2 aliphatic heterocycles. The fourth-order valence-corrected chi connectivity index (χ4v) is 2.35. The van der Waals surface area contributed by atoms with E-state index in [1.807, 2.05) is 0 Å². The van der Waals surface area contributed by atoms with Crippen LogP contribution in [0.3, 0.4) is 0 Å². The Bertz CT molecular complexity index is 212. The lowest BCUT2D eigenvalue weighted by Crippen LogP contribution is -2.31. The summed E-state index contributed by atoms with van der Waals surface area (Å²) in [6, 6.07) is -0.0788. The zero-order valence-corrected chi connectivity index (χ0v) is 7.93. The van der Waals surface area contributed by atoms with Crippen LogP contribution in [0.5, 0.6) is 0 Å². The Labute approximate surface area is 78.0 Å². The van der Waals surface area contributed by atoms with Crippen LogP contribution >= 0.6 is 0 Å². The second-order valence-electron chi connectivity index (χ2n) is 4.09. The first kappa shape index (κ1) is 8.97. The number of esters is 1. The number of hydrogen-bond donors (Lipinski definition) is 2. The van der Waals surface area contributed by atoms with Crippen molar-refractivity contribution in [2.24, 2.45) is 5.41 Å². The van der Waals surface area contributed by atoms with Crippen molar-refractivity contribution in [2.45, 2.75) is 18.9 Å². The molecule has 2 aliphatic rings. The molecule has 0 saturated carbocycles. The Morgan fingerprint density at radius 2 is 2.38 bits per heavy atom. The van der Waals surface area contributed by atoms with Crippen LogP contribution in [-0.2, 0) is 9.53 Å². The summed E-state index contributed by atoms with van der Waals surface area (Å²) in [6.45, 7) is 3.06. The second kappa shape index (κ2) is 3.27. The van der Waals surface area contributed by atoms with E-state index in [9.17, 15) is 4.79 Å². The molecule has 0 aliphatic carbocycles. The molecule has 0 radical (unpaired) electrons. The lowest BCUT2D eigenvalue weighted by molar-refractivity contribution is -0.142. The number of ether oxygens (including phenoxy) is 1. The van der Waals surface area contributed by atoms with Crippen molar-refractivity contribution in [3.05, 3.63) is 0 Å². The molecule has 74 valence electrons. The van der Waals surface area contributed by atoms with Crippen LogP contribution in [0, 0.1) is 5.41 Å². The summed E-state index contributed by atoms with van der Waals surface area (Å²) in [5, 5.41) is 6.57. The van der Waals surface area contributed by atoms with E-state index in [1.165, 1.54) is 13.5 Å². The second-order valence-corrected chi connectivity index (χ2v) is 4.09. The molecule has 1 spiro atoms. The first-order valence-electron chi connectivity index (χ1n) is 4.78. The van der Waals surface area contributed by atoms with Gasteiger partial charge < -0.3 is 15.4 Å². The van der Waals surface area contributed by atoms with Gasteiger partial charge in [0.05, 0.1) is 7.11 Å². The lowest BCUT2D eigenvalue weighted by Gasteiger charge is -2.19. The number of methoxy groups -OCH3 is 1. The Hall–Kier alpha value is -0.610. The molecule has 2 N–H and O–H groups in total. The van der Waals surface area contributed by atoms with E-state index in [-0.39, 0.29) is 12.0 Å². The summed E-state index contributed by atoms with van der Waals surface area (Å²) < 4.78 is 4.72. The molecule has 2 unspecified atom stereocenters. The number of carbonyl (C=O) groups is 1. The zero-order chi connectivity index (χ0) is 9.31. The fraction of sp³-hybridized carbons (Fsp3) is 0.889. The number of rotatable bonds is 1. The normalized spacial score (nSPS) is 38.4. The van der Waals surface area contributed by atoms with Crippen molar-refractivity contribution in [2.75, 3.05) is 26.7 Å². The van der Waals surface area contributed by atoms with E-state index >= 15 is 0 Å². The van der Waals surface area contributed by atoms with Gasteiger partial charge in [-0.1, -0.05) is 0 Å². The topological polar surface area (TPSA) is 50.4 Å². The minimum atomic E-state index is -0.122. The van der Waals surface area contributed by atoms with E-state index in [2.05, 4.69) is 10.6 Å². The van der Waals surface area contributed by atoms with Gasteiger partial charge in [-0.15, -0.1) is 0 Å². The summed E-state index contributed by atoms with van der Waals surface area (Å²) in [4.78, 5) is 11.2. The molecule has 2 atom stereocenters. The van der Waals surface area contributed by atoms with Crippen LogP contribution in [0.1, 0.15) is 12.8 Å². The average molecular weight is 184 g/mol. The smallest absolute Gasteiger partial charge is 0.322 e. The van der Waals surface area contributed by atoms with Gasteiger partial charge in [0.15, 0.2) is 0 Å². The quantitative estimate of drug-likeness (QED) is 0.539. The van der Waals surface area contributed by atoms with Gasteiger partial charge in [-0.2, -0.15) is 0 Å². The van der Waals surface area contributed by atoms with Crippen molar-refractivity contribution in [1.29, 1.82) is 0 Å². The highest BCUT2D eigenvalue weighted by Crippen LogP contribution is 2.34. The van der Waals surface area contributed by atoms with E-state index in [0.717, 1.165) is 26.1 Å². The first-order chi connectivity index (χ1) is 6.26. The molecule has 2 rings (SSSR count). The van der Waals surface area contributed by atoms with Gasteiger partial charge in [0.2, 0.25) is 0 Å². The Balaban J connectivity index is 1.96. The predicted molar refractivity (Wildman–Crippen MR) is 48.3 cm³/mol. The zero-order valence-electron chi connectivity index (χ0n) is 7.93. The largest absolute Gasteiger partial charge is 0.468 e. The monoisotopic (exact) mass is 184 g/mol. The molecule has 2 fully saturated rings. The van der Waals surface area contributed by atoms with Crippen molar-refractivity contribution in [1.82, 2.24) is 10.6 Å². The Morgan fingerprint density at radius 3 is 3.00 bits per heavy atom. The van der Waals surface area contributed by atoms with Gasteiger partial charge >= 0.3 is 5.97 Å². The van der Waals surface area contributed by atoms with Crippen molar-refractivity contribution >= 4 is 5.97 Å². The Kier molecular flexibility index (Phi) is 2.26. The summed E-state index contributed by atoms with van der Waals surface area (Å²) in [6.07, 6.45) is 2.10. The van der Waals surface area contributed by atoms with Crippen LogP contribution in [0.15, 0.2) is 0 Å². The molecule has 4 nitrogen and oxygen atoms in total. The van der Waals surface area contributed by atoms with Crippen molar-refractivity contribution < 1.29 is 9.53 Å². The van der Waals surface area contributed by atoms with Crippen LogP contribution < -0.4 is 10.6 Å². The molecule has 0 aromatic rings. The fourth-order valence-electron chi connectivity index (χ4n) is 2.35. The molecule has 0 bridgehead atoms. The molecule has 4 heteroatoms. The Morgan fingerprint density at radius 1 is 1.54 bits per heavy atom. The first-order valence-corrected chi connectivity index (χ1v) is 4.78. The molecule has 0 amide bonds. The maximum absolute atomic E-state index is 11.2. The molecular weight excluding hydrogens is 168 g/mol. The summed E-state index contributed by atoms with van der Waals surface area (Å²) >= 11 is 0. The highest BCUT2D eigenvalue weighted by atomic mass is 16.5. The maximum Gasteiger partial charge on any atom is 0.322 e. The minimum absolute atomic E-state index is 0.0788. The molecule has 2 saturated heterocycles. The van der Waals surface area contributed by atoms with Crippen LogP contribution in [0.2, 0.25) is 0 Å². The van der Waals surface area contributed by atoms with E-state index in [4.69, 9.17) is 4.74 Å². The SMILES string of the molecule is COC(=O)C1CC2(CCNC2)CN1. The van der Waals surface area contributed by atoms with Crippen LogP contribution in [-0.4, -0.2) is 38.8 Å². The third-order valence-corrected chi connectivity index (χ3v) is 3.18. The molecular formula is C9H16N2O2. The number of hydrogen-bond acceptors (Lipinski definition) is 4. The number of nitrogens with one attached hydrogen (secondary N) is 2. The molecule has 0 aromatic carbocycles. The van der Waals surface area contributed by atoms with Gasteiger partial charge in [0.1, 0.15) is 6.04 Å². The van der Waals surface area contributed by atoms with E-state index < -0.39 is 0 Å². The van der Waals surface area contributed by atoms with Gasteiger partial charge in [0.25, 0.3) is 0 Å². The lowest BCUT2D eigenvalue weighted by atomic mass is 9.85. The van der Waals surface area contributed by atoms with Gasteiger partial charge in [-0.25, -0.2) is 0 Å². The maximum atomic E-state index is 11.2. The highest BCUT2D eigenvalue weighted by molar-refractivity contribution is 5.76. The standard InChI is InChI=1S/C9H16N2O2/c1-13-8(12)7-4-9(6-11-7)2-3-10-5-9/h7,10-11H,2-6H2,1H3. The van der Waals surface area contributed by atoms with Gasteiger partial charge in [-0.05, 0) is 24.8 Å². The third-order valence-electron chi connectivity index (χ3n) is 3.18. The van der Waals surface area contributed by atoms with Crippen molar-refractivity contribution in [3.8, 4) is 0 Å². The predicted octanol–water partition coefficient (Wildman–Crippen LogP) is -0.499. The minimum Gasteiger partial charge on any atom is -0.468 e. The van der Waals surface area contributed by atoms with Crippen LogP contribution in [0.25, 0.3) is 0 Å². The summed E-state index contributed by atoms with van der Waals surface area (Å²) in [5.41, 5.74) is 0.318. The van der Waals surface area contributed by atoms with Crippen LogP contribution in [0.4, 0.5) is 0 Å². The number of carbonyl (C=O) groups excluding carboxylic acids is 1. The molecule has 13 heavy (non-hydrogen) atoms. The molecule has 0 aromatic heterocycles. The summed E-state index contributed by atoms with van der Waals surface area (Å²) in [5.74, 6) is -0.122. The average Bonchev–Trinajstić information content (AvgIpc) is 2.76.